The quantitative estimate of drug-likeness (QED) is 0.848. The van der Waals surface area contributed by atoms with Crippen molar-refractivity contribution in [1.82, 2.24) is 0 Å². The summed E-state index contributed by atoms with van der Waals surface area (Å²) in [7, 11) is 0. The second-order valence-corrected chi connectivity index (χ2v) is 4.16. The number of benzene rings is 1. The topological polar surface area (TPSA) is 44.5 Å². The Hall–Kier alpha value is -1.22. The van der Waals surface area contributed by atoms with Gasteiger partial charge in [0, 0.05) is 6.04 Å². The molecule has 1 aliphatic carbocycles. The molecule has 3 heteroatoms. The van der Waals surface area contributed by atoms with Gasteiger partial charge in [-0.2, -0.15) is 0 Å². The summed E-state index contributed by atoms with van der Waals surface area (Å²) in [5.41, 5.74) is 5.95. The highest BCUT2D eigenvalue weighted by Gasteiger charge is 2.25. The smallest absolute Gasteiger partial charge is 0.120 e. The van der Waals surface area contributed by atoms with Crippen LogP contribution in [0.4, 0.5) is 0 Å². The fraction of sp³-hybridized carbons (Fsp3) is 0.538. The van der Waals surface area contributed by atoms with Crippen LogP contribution in [0, 0.1) is 0 Å². The Morgan fingerprint density at radius 1 is 1.19 bits per heavy atom. The Bertz CT molecular complexity index is 323. The first-order valence-electron chi connectivity index (χ1n) is 5.94. The Morgan fingerprint density at radius 2 is 1.88 bits per heavy atom. The molecule has 0 amide bonds. The third-order valence-corrected chi connectivity index (χ3v) is 2.93. The summed E-state index contributed by atoms with van der Waals surface area (Å²) in [5.74, 6) is 1.76. The maximum absolute atomic E-state index is 5.95. The summed E-state index contributed by atoms with van der Waals surface area (Å²) in [6.07, 6.45) is 3.48. The maximum Gasteiger partial charge on any atom is 0.120 e. The highest BCUT2D eigenvalue weighted by atomic mass is 16.5. The van der Waals surface area contributed by atoms with Crippen LogP contribution in [-0.2, 0) is 0 Å². The molecule has 1 aromatic rings. The van der Waals surface area contributed by atoms with Crippen molar-refractivity contribution < 1.29 is 9.47 Å². The number of rotatable bonds is 4. The third-order valence-electron chi connectivity index (χ3n) is 2.93. The third kappa shape index (κ3) is 2.67. The van der Waals surface area contributed by atoms with E-state index < -0.39 is 0 Å². The Morgan fingerprint density at radius 3 is 2.44 bits per heavy atom. The van der Waals surface area contributed by atoms with Gasteiger partial charge in [0.05, 0.1) is 6.61 Å². The molecule has 2 N–H and O–H groups in total. The normalized spacial score (nSPS) is 24.4. The summed E-state index contributed by atoms with van der Waals surface area (Å²) in [5, 5.41) is 0. The van der Waals surface area contributed by atoms with Crippen molar-refractivity contribution in [1.29, 1.82) is 0 Å². The molecule has 2 unspecified atom stereocenters. The molecule has 0 heterocycles. The van der Waals surface area contributed by atoms with Crippen LogP contribution in [0.2, 0.25) is 0 Å². The molecule has 0 bridgehead atoms. The molecular weight excluding hydrogens is 202 g/mol. The van der Waals surface area contributed by atoms with Gasteiger partial charge in [-0.25, -0.2) is 0 Å². The van der Waals surface area contributed by atoms with Gasteiger partial charge in [-0.15, -0.1) is 0 Å². The first-order valence-corrected chi connectivity index (χ1v) is 5.94. The van der Waals surface area contributed by atoms with E-state index in [0.717, 1.165) is 24.3 Å². The Kier molecular flexibility index (Phi) is 3.67. The van der Waals surface area contributed by atoms with Crippen molar-refractivity contribution in [3.8, 4) is 11.5 Å². The SMILES string of the molecule is CCOc1ccc(OC2CCCC2N)cc1. The lowest BCUT2D eigenvalue weighted by Crippen LogP contribution is -2.33. The predicted octanol–water partition coefficient (Wildman–Crippen LogP) is 2.34. The van der Waals surface area contributed by atoms with E-state index in [4.69, 9.17) is 15.2 Å². The lowest BCUT2D eigenvalue weighted by Gasteiger charge is -2.17. The van der Waals surface area contributed by atoms with E-state index in [1.54, 1.807) is 0 Å². The van der Waals surface area contributed by atoms with Gasteiger partial charge >= 0.3 is 0 Å². The van der Waals surface area contributed by atoms with E-state index >= 15 is 0 Å². The fourth-order valence-electron chi connectivity index (χ4n) is 2.06. The van der Waals surface area contributed by atoms with Gasteiger partial charge in [0.1, 0.15) is 17.6 Å². The number of hydrogen-bond donors (Lipinski definition) is 1. The van der Waals surface area contributed by atoms with Crippen LogP contribution in [0.15, 0.2) is 24.3 Å². The van der Waals surface area contributed by atoms with Gasteiger partial charge in [0.2, 0.25) is 0 Å². The van der Waals surface area contributed by atoms with Gasteiger partial charge in [-0.1, -0.05) is 0 Å². The summed E-state index contributed by atoms with van der Waals surface area (Å²) in [6, 6.07) is 7.93. The van der Waals surface area contributed by atoms with Crippen LogP contribution in [0.5, 0.6) is 11.5 Å². The van der Waals surface area contributed by atoms with Crippen LogP contribution in [0.25, 0.3) is 0 Å². The lowest BCUT2D eigenvalue weighted by molar-refractivity contribution is 0.191. The van der Waals surface area contributed by atoms with Crippen molar-refractivity contribution in [3.63, 3.8) is 0 Å². The zero-order valence-corrected chi connectivity index (χ0v) is 9.69. The Balaban J connectivity index is 1.94. The molecule has 1 aromatic carbocycles. The zero-order valence-electron chi connectivity index (χ0n) is 9.69. The molecule has 0 saturated heterocycles. The zero-order chi connectivity index (χ0) is 11.4. The van der Waals surface area contributed by atoms with Crippen LogP contribution < -0.4 is 15.2 Å². The van der Waals surface area contributed by atoms with E-state index in [0.29, 0.717) is 6.61 Å². The van der Waals surface area contributed by atoms with E-state index in [2.05, 4.69) is 0 Å². The molecule has 16 heavy (non-hydrogen) atoms. The summed E-state index contributed by atoms with van der Waals surface area (Å²) >= 11 is 0. The van der Waals surface area contributed by atoms with Crippen LogP contribution in [0.1, 0.15) is 26.2 Å². The molecule has 0 spiro atoms. The highest BCUT2D eigenvalue weighted by molar-refractivity contribution is 5.31. The second-order valence-electron chi connectivity index (χ2n) is 4.16. The van der Waals surface area contributed by atoms with Gasteiger partial charge in [-0.05, 0) is 50.5 Å². The van der Waals surface area contributed by atoms with Crippen molar-refractivity contribution >= 4 is 0 Å². The van der Waals surface area contributed by atoms with Crippen molar-refractivity contribution in [3.05, 3.63) is 24.3 Å². The van der Waals surface area contributed by atoms with Crippen molar-refractivity contribution in [2.24, 2.45) is 5.73 Å². The molecule has 3 nitrogen and oxygen atoms in total. The number of ether oxygens (including phenoxy) is 2. The average molecular weight is 221 g/mol. The molecule has 1 fully saturated rings. The van der Waals surface area contributed by atoms with Crippen molar-refractivity contribution in [2.45, 2.75) is 38.3 Å². The van der Waals surface area contributed by atoms with E-state index in [1.165, 1.54) is 6.42 Å². The molecule has 2 atom stereocenters. The minimum absolute atomic E-state index is 0.179. The predicted molar refractivity (Wildman–Crippen MR) is 63.9 cm³/mol. The molecule has 0 aromatic heterocycles. The molecule has 88 valence electrons. The Labute approximate surface area is 96.5 Å². The summed E-state index contributed by atoms with van der Waals surface area (Å²) in [6.45, 7) is 2.66. The second kappa shape index (κ2) is 5.21. The monoisotopic (exact) mass is 221 g/mol. The molecule has 1 aliphatic rings. The number of hydrogen-bond acceptors (Lipinski definition) is 3. The standard InChI is InChI=1S/C13H19NO2/c1-2-15-10-6-8-11(9-7-10)16-13-5-3-4-12(13)14/h6-9,12-13H,2-5,14H2,1H3. The maximum atomic E-state index is 5.95. The first kappa shape index (κ1) is 11.3. The minimum atomic E-state index is 0.179. The molecule has 0 radical (unpaired) electrons. The first-order chi connectivity index (χ1) is 7.79. The lowest BCUT2D eigenvalue weighted by atomic mass is 10.2. The largest absolute Gasteiger partial charge is 0.494 e. The van der Waals surface area contributed by atoms with E-state index in [9.17, 15) is 0 Å². The number of nitrogens with two attached hydrogens (primary N) is 1. The highest BCUT2D eigenvalue weighted by Crippen LogP contribution is 2.25. The van der Waals surface area contributed by atoms with Gasteiger partial charge in [-0.3, -0.25) is 0 Å². The summed E-state index contributed by atoms with van der Waals surface area (Å²) in [4.78, 5) is 0. The van der Waals surface area contributed by atoms with Crippen LogP contribution in [0.3, 0.4) is 0 Å². The van der Waals surface area contributed by atoms with Gasteiger partial charge in [0.25, 0.3) is 0 Å². The van der Waals surface area contributed by atoms with Gasteiger partial charge in [0.15, 0.2) is 0 Å². The van der Waals surface area contributed by atoms with Crippen molar-refractivity contribution in [2.75, 3.05) is 6.61 Å². The van der Waals surface area contributed by atoms with Crippen LogP contribution >= 0.6 is 0 Å². The molecule has 0 aliphatic heterocycles. The average Bonchev–Trinajstić information content (AvgIpc) is 2.68. The fourth-order valence-corrected chi connectivity index (χ4v) is 2.06. The molecular formula is C13H19NO2. The van der Waals surface area contributed by atoms with E-state index in [1.807, 2.05) is 31.2 Å². The van der Waals surface area contributed by atoms with E-state index in [-0.39, 0.29) is 12.1 Å². The van der Waals surface area contributed by atoms with Gasteiger partial charge < -0.3 is 15.2 Å². The molecule has 2 rings (SSSR count). The summed E-state index contributed by atoms with van der Waals surface area (Å²) < 4.78 is 11.2. The minimum Gasteiger partial charge on any atom is -0.494 e. The van der Waals surface area contributed by atoms with Crippen LogP contribution in [-0.4, -0.2) is 18.8 Å². The molecule has 1 saturated carbocycles.